The van der Waals surface area contributed by atoms with Gasteiger partial charge in [0.25, 0.3) is 6.43 Å². The fraction of sp³-hybridized carbons (Fsp3) is 0.316. The van der Waals surface area contributed by atoms with Crippen molar-refractivity contribution in [2.45, 2.75) is 26.4 Å². The number of ether oxygens (including phenoxy) is 4. The summed E-state index contributed by atoms with van der Waals surface area (Å²) in [6, 6.07) is 7.44. The van der Waals surface area contributed by atoms with Crippen molar-refractivity contribution >= 4 is 17.8 Å². The van der Waals surface area contributed by atoms with Crippen molar-refractivity contribution in [3.63, 3.8) is 0 Å². The molecular weight excluding hydrogens is 382 g/mol. The van der Waals surface area contributed by atoms with Gasteiger partial charge in [-0.2, -0.15) is 0 Å². The molecule has 146 valence electrons. The zero-order valence-electron chi connectivity index (χ0n) is 15.1. The molecule has 0 aliphatic carbocycles. The highest BCUT2D eigenvalue weighted by Gasteiger charge is 2.20. The van der Waals surface area contributed by atoms with E-state index in [1.54, 1.807) is 12.1 Å². The Morgan fingerprint density at radius 2 is 1.85 bits per heavy atom. The predicted molar refractivity (Wildman–Crippen MR) is 96.1 cm³/mol. The summed E-state index contributed by atoms with van der Waals surface area (Å²) in [5, 5.41) is 0.336. The van der Waals surface area contributed by atoms with Gasteiger partial charge in [0.1, 0.15) is 23.9 Å². The third kappa shape index (κ3) is 5.01. The van der Waals surface area contributed by atoms with Crippen molar-refractivity contribution in [1.29, 1.82) is 0 Å². The molecule has 0 unspecified atom stereocenters. The molecule has 0 fully saturated rings. The first-order valence-electron chi connectivity index (χ1n) is 8.06. The summed E-state index contributed by atoms with van der Waals surface area (Å²) in [6.45, 7) is 1.64. The lowest BCUT2D eigenvalue weighted by molar-refractivity contribution is 0.120. The van der Waals surface area contributed by atoms with E-state index in [1.165, 1.54) is 32.4 Å². The minimum Gasteiger partial charge on any atom is -0.496 e. The van der Waals surface area contributed by atoms with Gasteiger partial charge in [0, 0.05) is 5.02 Å². The number of carbonyl (C=O) groups is 1. The molecule has 0 heterocycles. The number of aryl methyl sites for hydroxylation is 1. The number of methoxy groups -OCH3 is 2. The van der Waals surface area contributed by atoms with Crippen LogP contribution >= 0.6 is 11.6 Å². The van der Waals surface area contributed by atoms with Crippen molar-refractivity contribution in [3.8, 4) is 17.2 Å². The standard InChI is InChI=1S/C19H19ClF2O5/c1-4-11-8-12(18(21)22)17(9-14(11)20)26-10-13-15(24-2)6-5-7-16(13)27-19(23)25-3/h5-9,18H,4,10H2,1-3H3. The van der Waals surface area contributed by atoms with Crippen LogP contribution in [-0.4, -0.2) is 20.4 Å². The summed E-state index contributed by atoms with van der Waals surface area (Å²) >= 11 is 6.13. The van der Waals surface area contributed by atoms with Gasteiger partial charge in [0.15, 0.2) is 0 Å². The number of hydrogen-bond acceptors (Lipinski definition) is 5. The van der Waals surface area contributed by atoms with Crippen LogP contribution in [0.15, 0.2) is 30.3 Å². The molecular formula is C19H19ClF2O5. The molecule has 0 spiro atoms. The predicted octanol–water partition coefficient (Wildman–Crippen LogP) is 5.57. The molecule has 0 aliphatic rings. The van der Waals surface area contributed by atoms with Crippen LogP contribution in [0.3, 0.4) is 0 Å². The molecule has 0 amide bonds. The number of hydrogen-bond donors (Lipinski definition) is 0. The summed E-state index contributed by atoms with van der Waals surface area (Å²) < 4.78 is 47.2. The average Bonchev–Trinajstić information content (AvgIpc) is 2.66. The summed E-state index contributed by atoms with van der Waals surface area (Å²) in [5.74, 6) is 0.449. The maximum absolute atomic E-state index is 13.4. The van der Waals surface area contributed by atoms with E-state index in [4.69, 9.17) is 25.8 Å². The lowest BCUT2D eigenvalue weighted by atomic mass is 10.1. The molecule has 0 aromatic heterocycles. The van der Waals surface area contributed by atoms with Crippen molar-refractivity contribution in [3.05, 3.63) is 52.0 Å². The fourth-order valence-corrected chi connectivity index (χ4v) is 2.73. The molecule has 2 rings (SSSR count). The lowest BCUT2D eigenvalue weighted by Crippen LogP contribution is -2.11. The van der Waals surface area contributed by atoms with Crippen LogP contribution in [0.1, 0.15) is 30.0 Å². The highest BCUT2D eigenvalue weighted by atomic mass is 35.5. The first-order chi connectivity index (χ1) is 12.9. The molecule has 0 saturated heterocycles. The van der Waals surface area contributed by atoms with E-state index >= 15 is 0 Å². The number of rotatable bonds is 7. The van der Waals surface area contributed by atoms with Crippen molar-refractivity contribution < 1.29 is 32.5 Å². The van der Waals surface area contributed by atoms with Crippen LogP contribution in [0.2, 0.25) is 5.02 Å². The van der Waals surface area contributed by atoms with E-state index in [1.807, 2.05) is 6.92 Å². The summed E-state index contributed by atoms with van der Waals surface area (Å²) in [4.78, 5) is 11.4. The second-order valence-corrected chi connectivity index (χ2v) is 5.82. The van der Waals surface area contributed by atoms with Gasteiger partial charge in [0.05, 0.1) is 25.3 Å². The Hall–Kier alpha value is -2.54. The van der Waals surface area contributed by atoms with Crippen LogP contribution in [0, 0.1) is 0 Å². The largest absolute Gasteiger partial charge is 0.513 e. The molecule has 0 saturated carbocycles. The van der Waals surface area contributed by atoms with Crippen LogP contribution in [0.5, 0.6) is 17.2 Å². The van der Waals surface area contributed by atoms with E-state index in [0.717, 1.165) is 0 Å². The van der Waals surface area contributed by atoms with Gasteiger partial charge in [-0.1, -0.05) is 24.6 Å². The zero-order chi connectivity index (χ0) is 20.0. The van der Waals surface area contributed by atoms with E-state index < -0.39 is 12.6 Å². The molecule has 27 heavy (non-hydrogen) atoms. The van der Waals surface area contributed by atoms with Crippen LogP contribution in [0.25, 0.3) is 0 Å². The average molecular weight is 401 g/mol. The smallest absolute Gasteiger partial charge is 0.496 e. The van der Waals surface area contributed by atoms with Gasteiger partial charge in [-0.05, 0) is 36.2 Å². The molecule has 5 nitrogen and oxygen atoms in total. The lowest BCUT2D eigenvalue weighted by Gasteiger charge is -2.17. The van der Waals surface area contributed by atoms with E-state index in [2.05, 4.69) is 4.74 Å². The highest BCUT2D eigenvalue weighted by Crippen LogP contribution is 2.36. The van der Waals surface area contributed by atoms with Gasteiger partial charge in [-0.3, -0.25) is 0 Å². The minimum absolute atomic E-state index is 0.0536. The number of benzene rings is 2. The van der Waals surface area contributed by atoms with Gasteiger partial charge < -0.3 is 18.9 Å². The normalized spacial score (nSPS) is 10.6. The molecule has 2 aromatic rings. The maximum Gasteiger partial charge on any atom is 0.513 e. The summed E-state index contributed by atoms with van der Waals surface area (Å²) in [7, 11) is 2.60. The molecule has 0 N–H and O–H groups in total. The fourth-order valence-electron chi connectivity index (χ4n) is 2.44. The Labute approximate surface area is 160 Å². The third-order valence-electron chi connectivity index (χ3n) is 3.84. The van der Waals surface area contributed by atoms with Gasteiger partial charge >= 0.3 is 6.16 Å². The minimum atomic E-state index is -2.73. The zero-order valence-corrected chi connectivity index (χ0v) is 15.8. The van der Waals surface area contributed by atoms with Crippen molar-refractivity contribution in [1.82, 2.24) is 0 Å². The number of alkyl halides is 2. The summed E-state index contributed by atoms with van der Waals surface area (Å²) in [5.41, 5.74) is 0.703. The Bertz CT molecular complexity index is 811. The Kier molecular flexibility index (Phi) is 7.24. The first kappa shape index (κ1) is 20.8. The second-order valence-electron chi connectivity index (χ2n) is 5.42. The van der Waals surface area contributed by atoms with Gasteiger partial charge in [-0.25, -0.2) is 13.6 Å². The Morgan fingerprint density at radius 1 is 1.15 bits per heavy atom. The monoisotopic (exact) mass is 400 g/mol. The first-order valence-corrected chi connectivity index (χ1v) is 8.43. The molecule has 0 bridgehead atoms. The SMILES string of the molecule is CCc1cc(C(F)F)c(OCc2c(OC)cccc2OC(=O)OC)cc1Cl. The molecule has 0 radical (unpaired) electrons. The number of carbonyl (C=O) groups excluding carboxylic acids is 1. The topological polar surface area (TPSA) is 54.0 Å². The maximum atomic E-state index is 13.4. The molecule has 0 aliphatic heterocycles. The van der Waals surface area contributed by atoms with Gasteiger partial charge in [-0.15, -0.1) is 0 Å². The molecule has 2 aromatic carbocycles. The Balaban J connectivity index is 2.36. The van der Waals surface area contributed by atoms with E-state index in [9.17, 15) is 13.6 Å². The highest BCUT2D eigenvalue weighted by molar-refractivity contribution is 6.31. The Morgan fingerprint density at radius 3 is 2.44 bits per heavy atom. The van der Waals surface area contributed by atoms with Crippen LogP contribution in [-0.2, 0) is 17.8 Å². The van der Waals surface area contributed by atoms with E-state index in [0.29, 0.717) is 28.3 Å². The molecule has 8 heteroatoms. The summed E-state index contributed by atoms with van der Waals surface area (Å²) in [6.07, 6.45) is -3.14. The van der Waals surface area contributed by atoms with E-state index in [-0.39, 0.29) is 23.7 Å². The van der Waals surface area contributed by atoms with Gasteiger partial charge in [0.2, 0.25) is 0 Å². The van der Waals surface area contributed by atoms with Crippen LogP contribution < -0.4 is 14.2 Å². The quantitative estimate of drug-likeness (QED) is 0.449. The van der Waals surface area contributed by atoms with Crippen LogP contribution in [0.4, 0.5) is 13.6 Å². The van der Waals surface area contributed by atoms with Crippen molar-refractivity contribution in [2.75, 3.05) is 14.2 Å². The third-order valence-corrected chi connectivity index (χ3v) is 4.19. The van der Waals surface area contributed by atoms with Crippen molar-refractivity contribution in [2.24, 2.45) is 0 Å². The molecule has 0 atom stereocenters. The second kappa shape index (κ2) is 9.41. The number of halogens is 3.